The van der Waals surface area contributed by atoms with E-state index < -0.39 is 23.1 Å². The fourth-order valence-electron chi connectivity index (χ4n) is 2.03. The Kier molecular flexibility index (Phi) is 7.17. The van der Waals surface area contributed by atoms with Crippen molar-refractivity contribution in [2.24, 2.45) is 16.8 Å². The molecule has 0 fully saturated rings. The zero-order valence-electron chi connectivity index (χ0n) is 13.3. The third-order valence-corrected chi connectivity index (χ3v) is 3.55. The summed E-state index contributed by atoms with van der Waals surface area (Å²) < 4.78 is 27.6. The van der Waals surface area contributed by atoms with Crippen molar-refractivity contribution < 1.29 is 13.6 Å². The van der Waals surface area contributed by atoms with E-state index in [2.05, 4.69) is 48.7 Å². The third kappa shape index (κ3) is 5.50. The summed E-state index contributed by atoms with van der Waals surface area (Å²) in [6, 6.07) is 3.31. The Balaban J connectivity index is 3.04. The molecule has 3 nitrogen and oxygen atoms in total. The predicted octanol–water partition coefficient (Wildman–Crippen LogP) is 3.24. The molecule has 6 heteroatoms. The van der Waals surface area contributed by atoms with Crippen LogP contribution in [0, 0.1) is 23.5 Å². The summed E-state index contributed by atoms with van der Waals surface area (Å²) in [5.74, 6) is -1.97. The number of hydrogen-bond acceptors (Lipinski definition) is 1. The van der Waals surface area contributed by atoms with Gasteiger partial charge in [0.25, 0.3) is 0 Å². The Morgan fingerprint density at radius 1 is 1.14 bits per heavy atom. The van der Waals surface area contributed by atoms with Crippen LogP contribution >= 0.6 is 0 Å². The average molecular weight is 374 g/mol. The van der Waals surface area contributed by atoms with E-state index in [-0.39, 0.29) is 0 Å². The minimum atomic E-state index is -0.915. The number of aliphatic imine (C=N–C) groups is 1. The van der Waals surface area contributed by atoms with Crippen molar-refractivity contribution in [3.8, 4) is 0 Å². The van der Waals surface area contributed by atoms with Crippen LogP contribution in [0.2, 0.25) is 0 Å². The van der Waals surface area contributed by atoms with Gasteiger partial charge in [0.2, 0.25) is 0 Å². The maximum atomic E-state index is 13.6. The van der Waals surface area contributed by atoms with Crippen LogP contribution < -0.4 is 0 Å². The second-order valence-electron chi connectivity index (χ2n) is 5.99. The molecular formula is C16H21F2N2OSe. The van der Waals surface area contributed by atoms with Gasteiger partial charge in [-0.15, -0.1) is 0 Å². The van der Waals surface area contributed by atoms with E-state index in [1.807, 2.05) is 4.90 Å². The zero-order chi connectivity index (χ0) is 16.9. The molecule has 0 N–H and O–H groups in total. The summed E-state index contributed by atoms with van der Waals surface area (Å²) in [6.07, 6.45) is 0. The monoisotopic (exact) mass is 375 g/mol. The van der Waals surface area contributed by atoms with Gasteiger partial charge < -0.3 is 0 Å². The molecule has 0 aromatic heterocycles. The molecule has 1 amide bonds. The molecule has 1 aromatic rings. The van der Waals surface area contributed by atoms with Crippen LogP contribution in [-0.4, -0.2) is 44.6 Å². The molecular weight excluding hydrogens is 353 g/mol. The number of halogens is 2. The summed E-state index contributed by atoms with van der Waals surface area (Å²) in [4.78, 5) is 17.8. The van der Waals surface area contributed by atoms with E-state index in [1.54, 1.807) is 0 Å². The van der Waals surface area contributed by atoms with Crippen molar-refractivity contribution in [1.29, 1.82) is 0 Å². The van der Waals surface area contributed by atoms with Gasteiger partial charge in [-0.25, -0.2) is 0 Å². The first-order valence-corrected chi connectivity index (χ1v) is 8.07. The van der Waals surface area contributed by atoms with E-state index in [9.17, 15) is 13.6 Å². The molecule has 0 bridgehead atoms. The van der Waals surface area contributed by atoms with E-state index in [0.29, 0.717) is 29.7 Å². The van der Waals surface area contributed by atoms with Crippen molar-refractivity contribution >= 4 is 26.7 Å². The summed E-state index contributed by atoms with van der Waals surface area (Å²) in [6.45, 7) is 9.63. The van der Waals surface area contributed by atoms with Gasteiger partial charge in [0.15, 0.2) is 0 Å². The molecule has 121 valence electrons. The summed E-state index contributed by atoms with van der Waals surface area (Å²) >= 11 is 2.74. The predicted molar refractivity (Wildman–Crippen MR) is 85.1 cm³/mol. The Morgan fingerprint density at radius 3 is 2.00 bits per heavy atom. The first-order chi connectivity index (χ1) is 10.2. The first-order valence-electron chi connectivity index (χ1n) is 7.21. The number of nitrogens with zero attached hydrogens (tertiary/aromatic N) is 2. The van der Waals surface area contributed by atoms with Gasteiger partial charge in [-0.1, -0.05) is 0 Å². The molecule has 0 saturated carbocycles. The van der Waals surface area contributed by atoms with Gasteiger partial charge in [-0.05, 0) is 0 Å². The fraction of sp³-hybridized carbons (Fsp3) is 0.500. The van der Waals surface area contributed by atoms with Gasteiger partial charge in [0.1, 0.15) is 0 Å². The molecule has 22 heavy (non-hydrogen) atoms. The van der Waals surface area contributed by atoms with Gasteiger partial charge in [-0.3, -0.25) is 0 Å². The summed E-state index contributed by atoms with van der Waals surface area (Å²) in [5.41, 5.74) is -0.621. The topological polar surface area (TPSA) is 32.7 Å². The summed E-state index contributed by atoms with van der Waals surface area (Å²) in [7, 11) is 0. The number of benzene rings is 1. The number of hydrogen-bond donors (Lipinski definition) is 0. The second-order valence-corrected chi connectivity index (χ2v) is 6.75. The van der Waals surface area contributed by atoms with Crippen LogP contribution in [0.15, 0.2) is 23.2 Å². The molecule has 0 saturated heterocycles. The van der Waals surface area contributed by atoms with E-state index in [1.165, 1.54) is 6.07 Å². The normalized spacial score (nSPS) is 12.1. The van der Waals surface area contributed by atoms with Crippen molar-refractivity contribution in [1.82, 2.24) is 4.90 Å². The maximum absolute atomic E-state index is 13.6. The van der Waals surface area contributed by atoms with E-state index >= 15 is 0 Å². The molecule has 0 atom stereocenters. The molecule has 1 radical (unpaired) electrons. The van der Waals surface area contributed by atoms with Crippen LogP contribution in [0.25, 0.3) is 0 Å². The Morgan fingerprint density at radius 2 is 1.59 bits per heavy atom. The third-order valence-electron chi connectivity index (χ3n) is 2.82. The van der Waals surface area contributed by atoms with Crippen molar-refractivity contribution in [2.75, 3.05) is 13.1 Å². The van der Waals surface area contributed by atoms with E-state index in [0.717, 1.165) is 12.1 Å². The number of amidine groups is 1. The standard InChI is InChI=1S/C16H21F2N2OSe/c1-10(2)8-20(9-11(3)4)16(22)19-15(21)14-12(17)6-5-7-13(14)18/h5-7,10-11H,8-9H2,1-4H3. The number of carbonyl (C=O) groups excluding carboxylic acids is 1. The van der Waals surface area contributed by atoms with Crippen molar-refractivity contribution in [3.63, 3.8) is 0 Å². The quantitative estimate of drug-likeness (QED) is 0.450. The number of carbonyl (C=O) groups is 1. The zero-order valence-corrected chi connectivity index (χ0v) is 15.0. The average Bonchev–Trinajstić information content (AvgIpc) is 2.36. The molecule has 0 aliphatic heterocycles. The Bertz CT molecular complexity index is 529. The van der Waals surface area contributed by atoms with Gasteiger partial charge >= 0.3 is 138 Å². The summed E-state index contributed by atoms with van der Waals surface area (Å²) in [5, 5.41) is 0. The minimum absolute atomic E-state index is 0.357. The molecule has 0 aliphatic carbocycles. The SMILES string of the molecule is CC(C)CN(CC(C)C)C([Se])=NC(=O)c1c(F)cccc1F. The van der Waals surface area contributed by atoms with Crippen LogP contribution in [0.1, 0.15) is 38.1 Å². The molecule has 0 aliphatic rings. The molecule has 1 aromatic carbocycles. The molecule has 1 rings (SSSR count). The van der Waals surface area contributed by atoms with Gasteiger partial charge in [0.05, 0.1) is 0 Å². The van der Waals surface area contributed by atoms with Crippen LogP contribution in [-0.2, 0) is 0 Å². The Labute approximate surface area is 138 Å². The second kappa shape index (κ2) is 8.39. The molecule has 0 heterocycles. The van der Waals surface area contributed by atoms with E-state index in [4.69, 9.17) is 0 Å². The fourth-order valence-corrected chi connectivity index (χ4v) is 2.51. The molecule has 0 unspecified atom stereocenters. The molecule has 0 spiro atoms. The van der Waals surface area contributed by atoms with Gasteiger partial charge in [0, 0.05) is 0 Å². The Hall–Kier alpha value is -1.26. The first kappa shape index (κ1) is 18.8. The number of rotatable bonds is 5. The van der Waals surface area contributed by atoms with Crippen LogP contribution in [0.4, 0.5) is 8.78 Å². The number of amides is 1. The van der Waals surface area contributed by atoms with Crippen molar-refractivity contribution in [2.45, 2.75) is 27.7 Å². The van der Waals surface area contributed by atoms with Crippen LogP contribution in [0.5, 0.6) is 0 Å². The van der Waals surface area contributed by atoms with Crippen LogP contribution in [0.3, 0.4) is 0 Å². The van der Waals surface area contributed by atoms with Gasteiger partial charge in [-0.2, -0.15) is 0 Å². The van der Waals surface area contributed by atoms with Crippen molar-refractivity contribution in [3.05, 3.63) is 35.4 Å².